The number of piperidine rings is 1. The maximum absolute atomic E-state index is 12.5. The smallest absolute Gasteiger partial charge is 0.264 e. The van der Waals surface area contributed by atoms with Crippen molar-refractivity contribution in [1.82, 2.24) is 4.90 Å². The number of hydrogen-bond acceptors (Lipinski definition) is 4. The number of thiophene rings is 1. The van der Waals surface area contributed by atoms with Gasteiger partial charge in [0.2, 0.25) is 0 Å². The minimum atomic E-state index is 0.0888. The normalized spacial score (nSPS) is 24.1. The highest BCUT2D eigenvalue weighted by Crippen LogP contribution is 2.28. The van der Waals surface area contributed by atoms with Crippen molar-refractivity contribution in [3.8, 4) is 5.75 Å². The molecule has 1 saturated heterocycles. The Labute approximate surface area is 112 Å². The molecule has 1 amide bonds. The second-order valence-electron chi connectivity index (χ2n) is 4.73. The highest BCUT2D eigenvalue weighted by molar-refractivity contribution is 7.12. The van der Waals surface area contributed by atoms with Crippen LogP contribution < -0.4 is 10.5 Å². The van der Waals surface area contributed by atoms with Crippen molar-refractivity contribution >= 4 is 17.2 Å². The number of nitrogens with zero attached hydrogens (tertiary/aromatic N) is 1. The van der Waals surface area contributed by atoms with Gasteiger partial charge < -0.3 is 15.4 Å². The van der Waals surface area contributed by atoms with Gasteiger partial charge in [0.15, 0.2) is 0 Å². The summed E-state index contributed by atoms with van der Waals surface area (Å²) in [6, 6.07) is 2.25. The Morgan fingerprint density at radius 1 is 1.61 bits per heavy atom. The zero-order valence-electron chi connectivity index (χ0n) is 10.9. The van der Waals surface area contributed by atoms with Crippen molar-refractivity contribution in [3.05, 3.63) is 16.3 Å². The lowest BCUT2D eigenvalue weighted by Gasteiger charge is -2.40. The summed E-state index contributed by atoms with van der Waals surface area (Å²) in [6.07, 6.45) is 3.22. The molecule has 18 heavy (non-hydrogen) atoms. The fourth-order valence-electron chi connectivity index (χ4n) is 2.55. The number of nitrogens with two attached hydrogens (primary N) is 1. The van der Waals surface area contributed by atoms with Crippen molar-refractivity contribution in [3.63, 3.8) is 0 Å². The van der Waals surface area contributed by atoms with Gasteiger partial charge in [-0.3, -0.25) is 4.79 Å². The summed E-state index contributed by atoms with van der Waals surface area (Å²) in [7, 11) is 1.61. The van der Waals surface area contributed by atoms with Gasteiger partial charge in [0.05, 0.1) is 12.0 Å². The third kappa shape index (κ3) is 2.52. The molecule has 2 N–H and O–H groups in total. The monoisotopic (exact) mass is 268 g/mol. The number of rotatable bonds is 3. The first-order valence-corrected chi connectivity index (χ1v) is 7.20. The minimum absolute atomic E-state index is 0.0888. The van der Waals surface area contributed by atoms with E-state index in [4.69, 9.17) is 10.5 Å². The fourth-order valence-corrected chi connectivity index (χ4v) is 3.35. The van der Waals surface area contributed by atoms with E-state index in [1.807, 2.05) is 16.3 Å². The van der Waals surface area contributed by atoms with Gasteiger partial charge in [0.1, 0.15) is 5.75 Å². The highest BCUT2D eigenvalue weighted by Gasteiger charge is 2.32. The second kappa shape index (κ2) is 5.71. The molecule has 0 spiro atoms. The van der Waals surface area contributed by atoms with Crippen LogP contribution >= 0.6 is 11.3 Å². The van der Waals surface area contributed by atoms with E-state index >= 15 is 0 Å². The van der Waals surface area contributed by atoms with Gasteiger partial charge in [0, 0.05) is 30.1 Å². The largest absolute Gasteiger partial charge is 0.496 e. The van der Waals surface area contributed by atoms with Crippen LogP contribution in [-0.2, 0) is 0 Å². The van der Waals surface area contributed by atoms with E-state index in [9.17, 15) is 4.79 Å². The fraction of sp³-hybridized carbons (Fsp3) is 0.615. The number of methoxy groups -OCH3 is 1. The van der Waals surface area contributed by atoms with E-state index in [0.717, 1.165) is 29.9 Å². The Hall–Kier alpha value is -1.07. The van der Waals surface area contributed by atoms with Crippen LogP contribution in [0.5, 0.6) is 5.75 Å². The molecule has 0 saturated carbocycles. The van der Waals surface area contributed by atoms with Gasteiger partial charge in [-0.2, -0.15) is 0 Å². The van der Waals surface area contributed by atoms with Gasteiger partial charge in [-0.05, 0) is 26.2 Å². The van der Waals surface area contributed by atoms with E-state index in [0.29, 0.717) is 6.54 Å². The van der Waals surface area contributed by atoms with Gasteiger partial charge in [-0.25, -0.2) is 0 Å². The Morgan fingerprint density at radius 3 is 3.00 bits per heavy atom. The third-order valence-electron chi connectivity index (χ3n) is 3.56. The first-order valence-electron chi connectivity index (χ1n) is 6.32. The number of likely N-dealkylation sites (tertiary alicyclic amines) is 1. The standard InChI is InChI=1S/C13H20N2O2S/c1-9-4-3-5-10(7-14)15(9)13(16)12-6-11(17-2)8-18-12/h6,8-10H,3-5,7,14H2,1-2H3. The average Bonchev–Trinajstić information content (AvgIpc) is 2.86. The molecule has 4 nitrogen and oxygen atoms in total. The van der Waals surface area contributed by atoms with Crippen LogP contribution in [0.25, 0.3) is 0 Å². The van der Waals surface area contributed by atoms with Crippen LogP contribution in [0.15, 0.2) is 11.4 Å². The van der Waals surface area contributed by atoms with Crippen LogP contribution in [0.1, 0.15) is 35.9 Å². The van der Waals surface area contributed by atoms with E-state index in [-0.39, 0.29) is 18.0 Å². The van der Waals surface area contributed by atoms with Crippen LogP contribution in [-0.4, -0.2) is 36.5 Å². The number of carbonyl (C=O) groups is 1. The maximum atomic E-state index is 12.5. The lowest BCUT2D eigenvalue weighted by atomic mass is 9.96. The summed E-state index contributed by atoms with van der Waals surface area (Å²) >= 11 is 1.43. The van der Waals surface area contributed by atoms with E-state index in [1.165, 1.54) is 11.3 Å². The van der Waals surface area contributed by atoms with Crippen LogP contribution in [0, 0.1) is 0 Å². The predicted molar refractivity (Wildman–Crippen MR) is 73.2 cm³/mol. The molecular formula is C13H20N2O2S. The molecule has 5 heteroatoms. The highest BCUT2D eigenvalue weighted by atomic mass is 32.1. The van der Waals surface area contributed by atoms with Gasteiger partial charge in [-0.1, -0.05) is 0 Å². The molecule has 0 aliphatic carbocycles. The molecule has 2 heterocycles. The molecule has 2 unspecified atom stereocenters. The van der Waals surface area contributed by atoms with E-state index in [2.05, 4.69) is 6.92 Å². The zero-order chi connectivity index (χ0) is 13.1. The maximum Gasteiger partial charge on any atom is 0.264 e. The summed E-state index contributed by atoms with van der Waals surface area (Å²) < 4.78 is 5.13. The molecule has 0 bridgehead atoms. The van der Waals surface area contributed by atoms with Gasteiger partial charge >= 0.3 is 0 Å². The second-order valence-corrected chi connectivity index (χ2v) is 5.64. The zero-order valence-corrected chi connectivity index (χ0v) is 11.7. The minimum Gasteiger partial charge on any atom is -0.496 e. The third-order valence-corrected chi connectivity index (χ3v) is 4.45. The van der Waals surface area contributed by atoms with Crippen LogP contribution in [0.3, 0.4) is 0 Å². The molecule has 100 valence electrons. The molecule has 1 fully saturated rings. The first-order chi connectivity index (χ1) is 8.67. The number of hydrogen-bond donors (Lipinski definition) is 1. The summed E-state index contributed by atoms with van der Waals surface area (Å²) in [4.78, 5) is 15.2. The molecule has 2 rings (SSSR count). The molecule has 1 aromatic rings. The van der Waals surface area contributed by atoms with Gasteiger partial charge in [-0.15, -0.1) is 11.3 Å². The quantitative estimate of drug-likeness (QED) is 0.913. The molecule has 2 atom stereocenters. The molecule has 1 aliphatic rings. The van der Waals surface area contributed by atoms with Crippen LogP contribution in [0.2, 0.25) is 0 Å². The lowest BCUT2D eigenvalue weighted by molar-refractivity contribution is 0.0499. The first kappa shape index (κ1) is 13.4. The van der Waals surface area contributed by atoms with Gasteiger partial charge in [0.25, 0.3) is 5.91 Å². The van der Waals surface area contributed by atoms with Crippen molar-refractivity contribution in [2.75, 3.05) is 13.7 Å². The lowest BCUT2D eigenvalue weighted by Crippen LogP contribution is -2.51. The molecule has 0 radical (unpaired) electrons. The van der Waals surface area contributed by atoms with Crippen molar-refractivity contribution in [2.24, 2.45) is 5.73 Å². The molecule has 1 aromatic heterocycles. The number of amides is 1. The number of ether oxygens (including phenoxy) is 1. The SMILES string of the molecule is COc1csc(C(=O)N2C(C)CCCC2CN)c1. The van der Waals surface area contributed by atoms with Crippen molar-refractivity contribution in [1.29, 1.82) is 0 Å². The van der Waals surface area contributed by atoms with Crippen LogP contribution in [0.4, 0.5) is 0 Å². The molecule has 1 aliphatic heterocycles. The average molecular weight is 268 g/mol. The van der Waals surface area contributed by atoms with Crippen molar-refractivity contribution < 1.29 is 9.53 Å². The molecular weight excluding hydrogens is 248 g/mol. The Morgan fingerprint density at radius 2 is 2.39 bits per heavy atom. The Balaban J connectivity index is 2.19. The topological polar surface area (TPSA) is 55.6 Å². The number of carbonyl (C=O) groups excluding carboxylic acids is 1. The summed E-state index contributed by atoms with van der Waals surface area (Å²) in [5.41, 5.74) is 5.79. The summed E-state index contributed by atoms with van der Waals surface area (Å²) in [5.74, 6) is 0.836. The van der Waals surface area contributed by atoms with E-state index in [1.54, 1.807) is 7.11 Å². The summed E-state index contributed by atoms with van der Waals surface area (Å²) in [6.45, 7) is 2.64. The van der Waals surface area contributed by atoms with E-state index < -0.39 is 0 Å². The summed E-state index contributed by atoms with van der Waals surface area (Å²) in [5, 5.41) is 1.86. The molecule has 0 aromatic carbocycles. The Kier molecular flexibility index (Phi) is 4.24. The Bertz CT molecular complexity index is 419. The predicted octanol–water partition coefficient (Wildman–Crippen LogP) is 2.10. The van der Waals surface area contributed by atoms with Crippen molar-refractivity contribution in [2.45, 2.75) is 38.3 Å².